The lowest BCUT2D eigenvalue weighted by atomic mass is 9.94. The Hall–Kier alpha value is -1.83. The van der Waals surface area contributed by atoms with Crippen molar-refractivity contribution in [1.82, 2.24) is 0 Å². The van der Waals surface area contributed by atoms with Gasteiger partial charge in [-0.15, -0.1) is 0 Å². The van der Waals surface area contributed by atoms with E-state index in [9.17, 15) is 5.11 Å². The van der Waals surface area contributed by atoms with Crippen molar-refractivity contribution in [2.75, 3.05) is 0 Å². The molecule has 1 unspecified atom stereocenters. The maximum absolute atomic E-state index is 10.8. The maximum atomic E-state index is 10.8. The Morgan fingerprint density at radius 2 is 1.48 bits per heavy atom. The number of aliphatic hydroxyl groups is 1. The largest absolute Gasteiger partial charge is 0.384 e. The first-order chi connectivity index (χ1) is 10.1. The lowest BCUT2D eigenvalue weighted by Gasteiger charge is -2.16. The molecule has 0 amide bonds. The molecule has 1 atom stereocenters. The summed E-state index contributed by atoms with van der Waals surface area (Å²) in [5.41, 5.74) is 4.12. The van der Waals surface area contributed by atoms with Crippen molar-refractivity contribution in [1.29, 1.82) is 0 Å². The summed E-state index contributed by atoms with van der Waals surface area (Å²) in [4.78, 5) is 0. The third-order valence-corrected chi connectivity index (χ3v) is 4.09. The summed E-state index contributed by atoms with van der Waals surface area (Å²) in [6.45, 7) is 4.09. The fraction of sp³-hybridized carbons (Fsp3) is 0.158. The second-order valence-electron chi connectivity index (χ2n) is 5.51. The SMILES string of the molecule is Cc1cc(C)cc(C(O)c2ccc(Cl)c3ccccc23)c1. The molecule has 0 saturated heterocycles. The Bertz CT molecular complexity index is 788. The molecule has 0 aliphatic heterocycles. The monoisotopic (exact) mass is 296 g/mol. The van der Waals surface area contributed by atoms with Crippen molar-refractivity contribution in [3.8, 4) is 0 Å². The maximum Gasteiger partial charge on any atom is 0.105 e. The second kappa shape index (κ2) is 5.51. The molecule has 3 aromatic carbocycles. The number of benzene rings is 3. The predicted octanol–water partition coefficient (Wildman–Crippen LogP) is 5.19. The van der Waals surface area contributed by atoms with Crippen molar-refractivity contribution in [2.45, 2.75) is 20.0 Å². The Morgan fingerprint density at radius 1 is 0.857 bits per heavy atom. The average molecular weight is 297 g/mol. The third-order valence-electron chi connectivity index (χ3n) is 3.76. The van der Waals surface area contributed by atoms with Crippen LogP contribution >= 0.6 is 11.6 Å². The zero-order valence-corrected chi connectivity index (χ0v) is 12.9. The molecular weight excluding hydrogens is 280 g/mol. The highest BCUT2D eigenvalue weighted by atomic mass is 35.5. The van der Waals surface area contributed by atoms with Gasteiger partial charge in [0, 0.05) is 10.4 Å². The predicted molar refractivity (Wildman–Crippen MR) is 88.9 cm³/mol. The summed E-state index contributed by atoms with van der Waals surface area (Å²) in [5, 5.41) is 13.5. The van der Waals surface area contributed by atoms with Gasteiger partial charge in [-0.05, 0) is 36.4 Å². The number of halogens is 1. The van der Waals surface area contributed by atoms with Gasteiger partial charge in [-0.1, -0.05) is 71.3 Å². The quantitative estimate of drug-likeness (QED) is 0.690. The number of aliphatic hydroxyl groups excluding tert-OH is 1. The van der Waals surface area contributed by atoms with Crippen molar-refractivity contribution >= 4 is 22.4 Å². The Morgan fingerprint density at radius 3 is 2.14 bits per heavy atom. The highest BCUT2D eigenvalue weighted by Crippen LogP contribution is 2.33. The number of aryl methyl sites for hydroxylation is 2. The van der Waals surface area contributed by atoms with Crippen LogP contribution in [0.5, 0.6) is 0 Å². The van der Waals surface area contributed by atoms with Crippen LogP contribution in [0.2, 0.25) is 5.02 Å². The highest BCUT2D eigenvalue weighted by molar-refractivity contribution is 6.35. The zero-order chi connectivity index (χ0) is 15.0. The van der Waals surface area contributed by atoms with Gasteiger partial charge < -0.3 is 5.11 Å². The van der Waals surface area contributed by atoms with Crippen LogP contribution in [0.25, 0.3) is 10.8 Å². The van der Waals surface area contributed by atoms with Gasteiger partial charge in [0.25, 0.3) is 0 Å². The number of hydrogen-bond donors (Lipinski definition) is 1. The molecule has 0 aliphatic carbocycles. The Balaban J connectivity index is 2.18. The van der Waals surface area contributed by atoms with Crippen LogP contribution in [0, 0.1) is 13.8 Å². The van der Waals surface area contributed by atoms with Gasteiger partial charge in [0.15, 0.2) is 0 Å². The van der Waals surface area contributed by atoms with Crippen LogP contribution < -0.4 is 0 Å². The van der Waals surface area contributed by atoms with Crippen molar-refractivity contribution in [3.05, 3.63) is 81.9 Å². The van der Waals surface area contributed by atoms with Crippen LogP contribution in [0.4, 0.5) is 0 Å². The van der Waals surface area contributed by atoms with Gasteiger partial charge in [0.2, 0.25) is 0 Å². The molecule has 0 fully saturated rings. The number of hydrogen-bond acceptors (Lipinski definition) is 1. The molecule has 0 aliphatic rings. The first-order valence-corrected chi connectivity index (χ1v) is 7.37. The smallest absolute Gasteiger partial charge is 0.105 e. The normalized spacial score (nSPS) is 12.6. The third kappa shape index (κ3) is 2.67. The summed E-state index contributed by atoms with van der Waals surface area (Å²) in [6, 6.07) is 17.8. The molecule has 1 nitrogen and oxygen atoms in total. The van der Waals surface area contributed by atoms with E-state index in [2.05, 4.69) is 6.07 Å². The molecule has 2 heteroatoms. The summed E-state index contributed by atoms with van der Waals surface area (Å²) < 4.78 is 0. The molecule has 0 saturated carbocycles. The highest BCUT2D eigenvalue weighted by Gasteiger charge is 2.15. The van der Waals surface area contributed by atoms with E-state index in [1.807, 2.05) is 62.4 Å². The standard InChI is InChI=1S/C19H17ClO/c1-12-9-13(2)11-14(10-12)19(21)17-7-8-18(20)16-6-4-3-5-15(16)17/h3-11,19,21H,1-2H3. The van der Waals surface area contributed by atoms with Crippen LogP contribution in [0.15, 0.2) is 54.6 Å². The van der Waals surface area contributed by atoms with Crippen molar-refractivity contribution < 1.29 is 5.11 Å². The van der Waals surface area contributed by atoms with E-state index in [0.29, 0.717) is 5.02 Å². The van der Waals surface area contributed by atoms with E-state index in [1.54, 1.807) is 0 Å². The number of rotatable bonds is 2. The summed E-state index contributed by atoms with van der Waals surface area (Å²) in [6.07, 6.45) is -0.647. The molecule has 3 aromatic rings. The van der Waals surface area contributed by atoms with Gasteiger partial charge in [-0.3, -0.25) is 0 Å². The van der Waals surface area contributed by atoms with Gasteiger partial charge in [0.1, 0.15) is 6.10 Å². The van der Waals surface area contributed by atoms with Crippen LogP contribution in [0.1, 0.15) is 28.4 Å². The summed E-state index contributed by atoms with van der Waals surface area (Å²) >= 11 is 6.25. The lowest BCUT2D eigenvalue weighted by Crippen LogP contribution is -2.01. The molecule has 3 rings (SSSR count). The minimum Gasteiger partial charge on any atom is -0.384 e. The minimum absolute atomic E-state index is 0.647. The molecule has 21 heavy (non-hydrogen) atoms. The van der Waals surface area contributed by atoms with Crippen LogP contribution in [0.3, 0.4) is 0 Å². The number of fused-ring (bicyclic) bond motifs is 1. The second-order valence-corrected chi connectivity index (χ2v) is 5.91. The average Bonchev–Trinajstić information content (AvgIpc) is 2.46. The van der Waals surface area contributed by atoms with Gasteiger partial charge in [-0.2, -0.15) is 0 Å². The lowest BCUT2D eigenvalue weighted by molar-refractivity contribution is 0.222. The molecule has 0 bridgehead atoms. The van der Waals surface area contributed by atoms with E-state index >= 15 is 0 Å². The fourth-order valence-electron chi connectivity index (χ4n) is 2.87. The molecule has 0 heterocycles. The van der Waals surface area contributed by atoms with E-state index in [4.69, 9.17) is 11.6 Å². The molecule has 1 N–H and O–H groups in total. The Labute approximate surface area is 129 Å². The molecule has 0 spiro atoms. The van der Waals surface area contributed by atoms with Gasteiger partial charge in [0.05, 0.1) is 0 Å². The van der Waals surface area contributed by atoms with E-state index in [1.165, 1.54) is 0 Å². The fourth-order valence-corrected chi connectivity index (χ4v) is 3.10. The van der Waals surface area contributed by atoms with Gasteiger partial charge in [-0.25, -0.2) is 0 Å². The van der Waals surface area contributed by atoms with Crippen LogP contribution in [-0.4, -0.2) is 5.11 Å². The van der Waals surface area contributed by atoms with Crippen molar-refractivity contribution in [3.63, 3.8) is 0 Å². The molecular formula is C19H17ClO. The topological polar surface area (TPSA) is 20.2 Å². The summed E-state index contributed by atoms with van der Waals surface area (Å²) in [5.74, 6) is 0. The van der Waals surface area contributed by atoms with Crippen LogP contribution in [-0.2, 0) is 0 Å². The molecule has 106 valence electrons. The van der Waals surface area contributed by atoms with Gasteiger partial charge >= 0.3 is 0 Å². The van der Waals surface area contributed by atoms with Crippen molar-refractivity contribution in [2.24, 2.45) is 0 Å². The zero-order valence-electron chi connectivity index (χ0n) is 12.1. The Kier molecular flexibility index (Phi) is 3.71. The van der Waals surface area contributed by atoms with E-state index in [-0.39, 0.29) is 0 Å². The first kappa shape index (κ1) is 14.1. The molecule has 0 aromatic heterocycles. The minimum atomic E-state index is -0.647. The summed E-state index contributed by atoms with van der Waals surface area (Å²) in [7, 11) is 0. The molecule has 0 radical (unpaired) electrons. The first-order valence-electron chi connectivity index (χ1n) is 6.99. The van der Waals surface area contributed by atoms with E-state index < -0.39 is 6.10 Å². The van der Waals surface area contributed by atoms with E-state index in [0.717, 1.165) is 33.0 Å².